The molecule has 1 aromatic carbocycles. The molecule has 1 aromatic heterocycles. The molecule has 0 atom stereocenters. The lowest BCUT2D eigenvalue weighted by Gasteiger charge is -2.09. The van der Waals surface area contributed by atoms with Gasteiger partial charge in [0.1, 0.15) is 18.1 Å². The maximum absolute atomic E-state index is 13.7. The summed E-state index contributed by atoms with van der Waals surface area (Å²) in [6.45, 7) is 1.88. The van der Waals surface area contributed by atoms with E-state index >= 15 is 0 Å². The van der Waals surface area contributed by atoms with Gasteiger partial charge in [-0.3, -0.25) is 10.4 Å². The average molecular weight is 259 g/mol. The summed E-state index contributed by atoms with van der Waals surface area (Å²) in [4.78, 5) is 3.95. The summed E-state index contributed by atoms with van der Waals surface area (Å²) in [5, 5.41) is 7.31. The highest BCUT2D eigenvalue weighted by Crippen LogP contribution is 2.20. The highest BCUT2D eigenvalue weighted by molar-refractivity contribution is 5.93. The number of nitrogens with one attached hydrogen (secondary N) is 1. The minimum absolute atomic E-state index is 0.108. The Kier molecular flexibility index (Phi) is 3.75. The van der Waals surface area contributed by atoms with Gasteiger partial charge in [-0.1, -0.05) is 12.1 Å². The van der Waals surface area contributed by atoms with Gasteiger partial charge in [0.05, 0.1) is 0 Å². The second-order valence-corrected chi connectivity index (χ2v) is 4.14. The predicted octanol–water partition coefficient (Wildman–Crippen LogP) is 2.39. The van der Waals surface area contributed by atoms with E-state index in [1.807, 2.05) is 0 Å². The molecule has 4 nitrogen and oxygen atoms in total. The monoisotopic (exact) mass is 259 g/mol. The van der Waals surface area contributed by atoms with Gasteiger partial charge in [-0.05, 0) is 36.2 Å². The molecule has 0 aliphatic heterocycles. The molecule has 0 radical (unpaired) electrons. The summed E-state index contributed by atoms with van der Waals surface area (Å²) < 4.78 is 19.1. The van der Waals surface area contributed by atoms with Crippen LogP contribution in [0.1, 0.15) is 16.8 Å². The Morgan fingerprint density at radius 2 is 2.21 bits per heavy atom. The van der Waals surface area contributed by atoms with Crippen molar-refractivity contribution in [1.82, 2.24) is 4.98 Å². The third-order valence-corrected chi connectivity index (χ3v) is 2.65. The van der Waals surface area contributed by atoms with E-state index in [1.165, 1.54) is 0 Å². The van der Waals surface area contributed by atoms with Crippen molar-refractivity contribution < 1.29 is 9.13 Å². The van der Waals surface area contributed by atoms with Crippen LogP contribution in [0.2, 0.25) is 0 Å². The Bertz CT molecular complexity index is 613. The first-order chi connectivity index (χ1) is 9.08. The van der Waals surface area contributed by atoms with Gasteiger partial charge in [-0.2, -0.15) is 0 Å². The van der Waals surface area contributed by atoms with Crippen LogP contribution in [0.4, 0.5) is 4.39 Å². The molecule has 0 saturated carbocycles. The highest BCUT2D eigenvalue weighted by Gasteiger charge is 2.06. The van der Waals surface area contributed by atoms with Crippen LogP contribution in [0.25, 0.3) is 0 Å². The number of hydrogen-bond acceptors (Lipinski definition) is 3. The normalized spacial score (nSPS) is 10.2. The fourth-order valence-corrected chi connectivity index (χ4v) is 1.60. The van der Waals surface area contributed by atoms with Crippen molar-refractivity contribution >= 4 is 5.84 Å². The predicted molar refractivity (Wildman–Crippen MR) is 70.7 cm³/mol. The number of ether oxygens (including phenoxy) is 1. The maximum Gasteiger partial charge on any atom is 0.167 e. The van der Waals surface area contributed by atoms with Crippen LogP contribution < -0.4 is 10.5 Å². The van der Waals surface area contributed by atoms with E-state index < -0.39 is 0 Å². The number of aryl methyl sites for hydroxylation is 1. The molecular weight excluding hydrogens is 245 g/mol. The van der Waals surface area contributed by atoms with Crippen LogP contribution in [-0.4, -0.2) is 10.8 Å². The van der Waals surface area contributed by atoms with Crippen LogP contribution >= 0.6 is 0 Å². The zero-order valence-corrected chi connectivity index (χ0v) is 10.5. The Balaban J connectivity index is 2.12. The lowest BCUT2D eigenvalue weighted by atomic mass is 10.2. The van der Waals surface area contributed by atoms with Crippen molar-refractivity contribution in [3.05, 3.63) is 59.2 Å². The molecule has 19 heavy (non-hydrogen) atoms. The number of nitrogens with zero attached hydrogens (tertiary/aromatic N) is 1. The van der Waals surface area contributed by atoms with E-state index in [2.05, 4.69) is 4.98 Å². The summed E-state index contributed by atoms with van der Waals surface area (Å²) in [5.74, 6) is -0.256. The molecule has 0 fully saturated rings. The minimum Gasteiger partial charge on any atom is -0.486 e. The third-order valence-electron chi connectivity index (χ3n) is 2.65. The van der Waals surface area contributed by atoms with Gasteiger partial charge < -0.3 is 10.5 Å². The van der Waals surface area contributed by atoms with Gasteiger partial charge in [0.25, 0.3) is 0 Å². The molecule has 3 N–H and O–H groups in total. The molecule has 0 spiro atoms. The number of nitrogen functional groups attached to an aromatic ring is 1. The fourth-order valence-electron chi connectivity index (χ4n) is 1.60. The fraction of sp³-hybridized carbons (Fsp3) is 0.143. The largest absolute Gasteiger partial charge is 0.486 e. The Morgan fingerprint density at radius 3 is 2.95 bits per heavy atom. The summed E-state index contributed by atoms with van der Waals surface area (Å²) in [7, 11) is 0. The van der Waals surface area contributed by atoms with Crippen molar-refractivity contribution in [2.45, 2.75) is 13.5 Å². The summed E-state index contributed by atoms with van der Waals surface area (Å²) in [5.41, 5.74) is 7.05. The van der Waals surface area contributed by atoms with Gasteiger partial charge in [-0.15, -0.1) is 0 Å². The molecule has 0 saturated heterocycles. The minimum atomic E-state index is -0.358. The topological polar surface area (TPSA) is 72.0 Å². The SMILES string of the molecule is Cc1cccc(OCc2ccnc(C(=N)N)c2)c1F. The van der Waals surface area contributed by atoms with Gasteiger partial charge in [0.2, 0.25) is 0 Å². The number of hydrogen-bond donors (Lipinski definition) is 2. The summed E-state index contributed by atoms with van der Waals surface area (Å²) in [6.07, 6.45) is 1.54. The van der Waals surface area contributed by atoms with Gasteiger partial charge in [-0.25, -0.2) is 4.39 Å². The molecule has 98 valence electrons. The standard InChI is InChI=1S/C14H14FN3O/c1-9-3-2-4-12(13(9)15)19-8-10-5-6-18-11(7-10)14(16)17/h2-7H,8H2,1H3,(H3,16,17). The maximum atomic E-state index is 13.7. The molecule has 1 heterocycles. The zero-order valence-electron chi connectivity index (χ0n) is 10.5. The first kappa shape index (κ1) is 13.0. The number of halogens is 1. The van der Waals surface area contributed by atoms with Crippen molar-refractivity contribution in [2.75, 3.05) is 0 Å². The molecule has 0 bridgehead atoms. The smallest absolute Gasteiger partial charge is 0.167 e. The molecule has 2 aromatic rings. The van der Waals surface area contributed by atoms with Crippen molar-refractivity contribution in [3.63, 3.8) is 0 Å². The van der Waals surface area contributed by atoms with Crippen LogP contribution in [0.15, 0.2) is 36.5 Å². The van der Waals surface area contributed by atoms with Crippen LogP contribution in [0.3, 0.4) is 0 Å². The van der Waals surface area contributed by atoms with E-state index in [9.17, 15) is 4.39 Å². The van der Waals surface area contributed by atoms with Crippen LogP contribution in [-0.2, 0) is 6.61 Å². The summed E-state index contributed by atoms with van der Waals surface area (Å²) >= 11 is 0. The number of nitrogens with two attached hydrogens (primary N) is 1. The molecule has 0 aliphatic rings. The Labute approximate surface area is 110 Å². The quantitative estimate of drug-likeness (QED) is 0.654. The van der Waals surface area contributed by atoms with E-state index in [0.717, 1.165) is 5.56 Å². The second kappa shape index (κ2) is 5.48. The molecule has 0 unspecified atom stereocenters. The van der Waals surface area contributed by atoms with Gasteiger partial charge >= 0.3 is 0 Å². The number of rotatable bonds is 4. The number of benzene rings is 1. The second-order valence-electron chi connectivity index (χ2n) is 4.14. The Morgan fingerprint density at radius 1 is 1.42 bits per heavy atom. The lowest BCUT2D eigenvalue weighted by molar-refractivity contribution is 0.289. The van der Waals surface area contributed by atoms with Crippen LogP contribution in [0, 0.1) is 18.2 Å². The van der Waals surface area contributed by atoms with E-state index in [4.69, 9.17) is 15.9 Å². The number of aromatic nitrogens is 1. The van der Waals surface area contributed by atoms with Gasteiger partial charge in [0.15, 0.2) is 11.6 Å². The molecular formula is C14H14FN3O. The van der Waals surface area contributed by atoms with E-state index in [0.29, 0.717) is 11.3 Å². The van der Waals surface area contributed by atoms with Gasteiger partial charge in [0, 0.05) is 6.20 Å². The number of amidine groups is 1. The van der Waals surface area contributed by atoms with Crippen molar-refractivity contribution in [3.8, 4) is 5.75 Å². The van der Waals surface area contributed by atoms with Crippen molar-refractivity contribution in [2.24, 2.45) is 5.73 Å². The van der Waals surface area contributed by atoms with Crippen molar-refractivity contribution in [1.29, 1.82) is 5.41 Å². The molecule has 0 amide bonds. The lowest BCUT2D eigenvalue weighted by Crippen LogP contribution is -2.13. The zero-order chi connectivity index (χ0) is 13.8. The molecule has 0 aliphatic carbocycles. The van der Waals surface area contributed by atoms with E-state index in [-0.39, 0.29) is 24.0 Å². The first-order valence-corrected chi connectivity index (χ1v) is 5.75. The van der Waals surface area contributed by atoms with Crippen LogP contribution in [0.5, 0.6) is 5.75 Å². The van der Waals surface area contributed by atoms with E-state index in [1.54, 1.807) is 43.5 Å². The third kappa shape index (κ3) is 3.07. The highest BCUT2D eigenvalue weighted by atomic mass is 19.1. The Hall–Kier alpha value is -2.43. The molecule has 2 rings (SSSR count). The summed E-state index contributed by atoms with van der Waals surface area (Å²) in [6, 6.07) is 8.38. The first-order valence-electron chi connectivity index (χ1n) is 5.75. The molecule has 5 heteroatoms. The average Bonchev–Trinajstić information content (AvgIpc) is 2.41. The number of pyridine rings is 1.